The zero-order chi connectivity index (χ0) is 14.7. The Hall–Kier alpha value is -1.75. The van der Waals surface area contributed by atoms with Crippen molar-refractivity contribution in [2.24, 2.45) is 5.92 Å². The zero-order valence-corrected chi connectivity index (χ0v) is 11.8. The molecule has 0 aliphatic carbocycles. The highest BCUT2D eigenvalue weighted by Gasteiger charge is 2.30. The van der Waals surface area contributed by atoms with E-state index in [-0.39, 0.29) is 13.0 Å². The number of carbonyl (C=O) groups is 2. The van der Waals surface area contributed by atoms with Gasteiger partial charge in [-0.2, -0.15) is 0 Å². The molecule has 0 amide bonds. The highest BCUT2D eigenvalue weighted by molar-refractivity contribution is 6.30. The predicted octanol–water partition coefficient (Wildman–Crippen LogP) is 2.08. The van der Waals surface area contributed by atoms with Gasteiger partial charge < -0.3 is 14.6 Å². The number of rotatable bonds is 5. The number of carbonyl (C=O) groups excluding carboxylic acids is 1. The van der Waals surface area contributed by atoms with Crippen LogP contribution in [-0.4, -0.2) is 30.3 Å². The summed E-state index contributed by atoms with van der Waals surface area (Å²) in [5.74, 6) is -2.56. The van der Waals surface area contributed by atoms with Crippen molar-refractivity contribution in [3.63, 3.8) is 0 Å². The first-order valence-corrected chi connectivity index (χ1v) is 6.74. The fraction of sp³-hybridized carbons (Fsp3) is 0.429. The Kier molecular flexibility index (Phi) is 4.49. The van der Waals surface area contributed by atoms with Crippen LogP contribution in [0.3, 0.4) is 0 Å². The molecule has 1 aliphatic rings. The molecule has 0 saturated carbocycles. The second-order valence-corrected chi connectivity index (χ2v) is 4.94. The van der Waals surface area contributed by atoms with E-state index in [0.29, 0.717) is 22.9 Å². The van der Waals surface area contributed by atoms with Gasteiger partial charge in [0, 0.05) is 17.9 Å². The maximum Gasteiger partial charge on any atom is 0.320 e. The van der Waals surface area contributed by atoms with Crippen molar-refractivity contribution < 1.29 is 24.2 Å². The average Bonchev–Trinajstić information content (AvgIpc) is 2.83. The van der Waals surface area contributed by atoms with Crippen molar-refractivity contribution >= 4 is 23.5 Å². The molecular weight excluding hydrogens is 284 g/mol. The van der Waals surface area contributed by atoms with Crippen LogP contribution in [-0.2, 0) is 27.2 Å². The molecule has 0 radical (unpaired) electrons. The van der Waals surface area contributed by atoms with E-state index >= 15 is 0 Å². The summed E-state index contributed by atoms with van der Waals surface area (Å²) in [6.45, 7) is 2.32. The molecule has 1 heterocycles. The minimum atomic E-state index is -1.25. The van der Waals surface area contributed by atoms with E-state index in [1.54, 1.807) is 19.1 Å². The smallest absolute Gasteiger partial charge is 0.320 e. The highest BCUT2D eigenvalue weighted by atomic mass is 35.5. The first-order chi connectivity index (χ1) is 9.52. The normalized spacial score (nSPS) is 14.3. The van der Waals surface area contributed by atoms with Crippen LogP contribution in [0, 0.1) is 5.92 Å². The molecule has 1 aromatic carbocycles. The number of hydrogen-bond donors (Lipinski definition) is 1. The van der Waals surface area contributed by atoms with Crippen molar-refractivity contribution in [2.75, 3.05) is 13.2 Å². The van der Waals surface area contributed by atoms with Crippen LogP contribution in [0.4, 0.5) is 0 Å². The average molecular weight is 299 g/mol. The second kappa shape index (κ2) is 6.13. The molecule has 0 bridgehead atoms. The van der Waals surface area contributed by atoms with E-state index in [1.807, 2.05) is 0 Å². The van der Waals surface area contributed by atoms with E-state index in [0.717, 1.165) is 12.0 Å². The van der Waals surface area contributed by atoms with Gasteiger partial charge in [-0.15, -0.1) is 0 Å². The summed E-state index contributed by atoms with van der Waals surface area (Å²) in [6.07, 6.45) is 0.747. The van der Waals surface area contributed by atoms with Crippen LogP contribution in [0.15, 0.2) is 12.1 Å². The Morgan fingerprint density at radius 1 is 1.50 bits per heavy atom. The number of ether oxygens (including phenoxy) is 2. The molecule has 20 heavy (non-hydrogen) atoms. The molecule has 0 fully saturated rings. The topological polar surface area (TPSA) is 72.8 Å². The van der Waals surface area contributed by atoms with E-state index in [2.05, 4.69) is 0 Å². The van der Waals surface area contributed by atoms with E-state index < -0.39 is 17.9 Å². The minimum absolute atomic E-state index is 0.0110. The molecule has 6 heteroatoms. The zero-order valence-electron chi connectivity index (χ0n) is 11.0. The van der Waals surface area contributed by atoms with Gasteiger partial charge in [-0.3, -0.25) is 9.59 Å². The Morgan fingerprint density at radius 2 is 2.25 bits per heavy atom. The maximum absolute atomic E-state index is 11.7. The molecule has 0 spiro atoms. The van der Waals surface area contributed by atoms with Gasteiger partial charge in [0.05, 0.1) is 13.2 Å². The van der Waals surface area contributed by atoms with Crippen LogP contribution in [0.25, 0.3) is 0 Å². The first kappa shape index (κ1) is 14.7. The minimum Gasteiger partial charge on any atom is -0.493 e. The number of carboxylic acids is 1. The summed E-state index contributed by atoms with van der Waals surface area (Å²) < 4.78 is 10.3. The maximum atomic E-state index is 11.7. The molecule has 0 saturated heterocycles. The third-order valence-electron chi connectivity index (χ3n) is 3.12. The fourth-order valence-corrected chi connectivity index (χ4v) is 2.50. The number of halogens is 1. The van der Waals surface area contributed by atoms with Crippen molar-refractivity contribution in [1.29, 1.82) is 0 Å². The highest BCUT2D eigenvalue weighted by Crippen LogP contribution is 2.34. The lowest BCUT2D eigenvalue weighted by Gasteiger charge is -2.14. The van der Waals surface area contributed by atoms with Crippen molar-refractivity contribution in [2.45, 2.75) is 19.8 Å². The molecule has 1 aliphatic heterocycles. The summed E-state index contributed by atoms with van der Waals surface area (Å²) >= 11 is 6.01. The lowest BCUT2D eigenvalue weighted by Crippen LogP contribution is -2.28. The lowest BCUT2D eigenvalue weighted by atomic mass is 9.97. The summed E-state index contributed by atoms with van der Waals surface area (Å²) in [5, 5.41) is 9.69. The molecule has 2 rings (SSSR count). The Balaban J connectivity index is 2.27. The molecule has 1 unspecified atom stereocenters. The Labute approximate surface area is 121 Å². The summed E-state index contributed by atoms with van der Waals surface area (Å²) in [4.78, 5) is 22.9. The van der Waals surface area contributed by atoms with Crippen molar-refractivity contribution in [3.8, 4) is 5.75 Å². The van der Waals surface area contributed by atoms with Gasteiger partial charge in [-0.05, 0) is 30.2 Å². The summed E-state index contributed by atoms with van der Waals surface area (Å²) in [6, 6.07) is 3.44. The third kappa shape index (κ3) is 3.04. The van der Waals surface area contributed by atoms with Gasteiger partial charge in [0.15, 0.2) is 5.92 Å². The Bertz CT molecular complexity index is 541. The van der Waals surface area contributed by atoms with Crippen molar-refractivity contribution in [3.05, 3.63) is 28.3 Å². The number of aliphatic carboxylic acids is 1. The standard InChI is InChI=1S/C14H15ClO5/c1-2-19-14(18)11(13(16)17)7-9-6-10(15)5-8-3-4-20-12(8)9/h5-6,11H,2-4,7H2,1H3,(H,16,17). The number of esters is 1. The number of hydrogen-bond acceptors (Lipinski definition) is 4. The number of carboxylic acid groups (broad SMARTS) is 1. The Morgan fingerprint density at radius 3 is 2.90 bits per heavy atom. The van der Waals surface area contributed by atoms with Crippen LogP contribution in [0.1, 0.15) is 18.1 Å². The third-order valence-corrected chi connectivity index (χ3v) is 3.34. The predicted molar refractivity (Wildman–Crippen MR) is 72.1 cm³/mol. The largest absolute Gasteiger partial charge is 0.493 e. The van der Waals surface area contributed by atoms with Gasteiger partial charge in [-0.25, -0.2) is 0 Å². The van der Waals surface area contributed by atoms with Gasteiger partial charge in [0.1, 0.15) is 5.75 Å². The van der Waals surface area contributed by atoms with Gasteiger partial charge in [0.2, 0.25) is 0 Å². The van der Waals surface area contributed by atoms with Crippen LogP contribution >= 0.6 is 11.6 Å². The quantitative estimate of drug-likeness (QED) is 0.665. The van der Waals surface area contributed by atoms with E-state index in [1.165, 1.54) is 0 Å². The molecule has 1 aromatic rings. The van der Waals surface area contributed by atoms with Gasteiger partial charge in [-0.1, -0.05) is 11.6 Å². The van der Waals surface area contributed by atoms with Crippen molar-refractivity contribution in [1.82, 2.24) is 0 Å². The SMILES string of the molecule is CCOC(=O)C(Cc1cc(Cl)cc2c1OCC2)C(=O)O. The summed E-state index contributed by atoms with van der Waals surface area (Å²) in [5.41, 5.74) is 1.57. The molecule has 1 N–H and O–H groups in total. The van der Waals surface area contributed by atoms with Crippen LogP contribution in [0.5, 0.6) is 5.75 Å². The fourth-order valence-electron chi connectivity index (χ4n) is 2.23. The number of fused-ring (bicyclic) bond motifs is 1. The van der Waals surface area contributed by atoms with E-state index in [4.69, 9.17) is 21.1 Å². The van der Waals surface area contributed by atoms with Crippen LogP contribution in [0.2, 0.25) is 5.02 Å². The molecule has 108 valence electrons. The molecule has 5 nitrogen and oxygen atoms in total. The first-order valence-electron chi connectivity index (χ1n) is 6.36. The lowest BCUT2D eigenvalue weighted by molar-refractivity contribution is -0.158. The van der Waals surface area contributed by atoms with Crippen LogP contribution < -0.4 is 4.74 Å². The monoisotopic (exact) mass is 298 g/mol. The second-order valence-electron chi connectivity index (χ2n) is 4.50. The molecule has 0 aromatic heterocycles. The molecular formula is C14H15ClO5. The van der Waals surface area contributed by atoms with E-state index in [9.17, 15) is 14.7 Å². The van der Waals surface area contributed by atoms with Gasteiger partial charge in [0.25, 0.3) is 0 Å². The number of benzene rings is 1. The van der Waals surface area contributed by atoms with Gasteiger partial charge >= 0.3 is 11.9 Å². The molecule has 1 atom stereocenters. The summed E-state index contributed by atoms with van der Waals surface area (Å²) in [7, 11) is 0.